The Labute approximate surface area is 218 Å². The van der Waals surface area contributed by atoms with Gasteiger partial charge in [0.25, 0.3) is 0 Å². The highest BCUT2D eigenvalue weighted by Gasteiger charge is 2.43. The van der Waals surface area contributed by atoms with Crippen LogP contribution in [0.25, 0.3) is 0 Å². The molecule has 5 nitrogen and oxygen atoms in total. The molecule has 1 amide bonds. The lowest BCUT2D eigenvalue weighted by Crippen LogP contribution is -2.55. The van der Waals surface area contributed by atoms with Crippen molar-refractivity contribution in [2.75, 3.05) is 6.61 Å². The lowest BCUT2D eigenvalue weighted by atomic mass is 10.0. The van der Waals surface area contributed by atoms with Crippen LogP contribution in [0, 0.1) is 0 Å². The highest BCUT2D eigenvalue weighted by Crippen LogP contribution is 2.39. The van der Waals surface area contributed by atoms with Crippen LogP contribution in [0.1, 0.15) is 74.3 Å². The molecule has 1 aromatic rings. The number of carbonyl (C=O) groups excluding carboxylic acids is 1. The summed E-state index contributed by atoms with van der Waals surface area (Å²) in [5.74, 6) is 0. The summed E-state index contributed by atoms with van der Waals surface area (Å²) in [4.78, 5) is 12.9. The Morgan fingerprint density at radius 1 is 0.857 bits per heavy atom. The van der Waals surface area contributed by atoms with Crippen LogP contribution in [-0.4, -0.2) is 47.1 Å². The molecule has 35 heavy (non-hydrogen) atoms. The standard InChI is InChI=1S/C28H53NO4Si2/c1-26(2,3)32-25(30)29-23(20-19-22-17-15-14-16-18-22)24(33-35(12,13)28(7,8)9)21-31-34(10,11)27(4,5)6/h14-18,23-24H,19-21H2,1-13H3,(H,29,30)/t23-,24+/m0/s1. The lowest BCUT2D eigenvalue weighted by Gasteiger charge is -2.43. The fraction of sp³-hybridized carbons (Fsp3) is 0.750. The van der Waals surface area contributed by atoms with Crippen LogP contribution in [0.3, 0.4) is 0 Å². The predicted octanol–water partition coefficient (Wildman–Crippen LogP) is 7.92. The van der Waals surface area contributed by atoms with Gasteiger partial charge in [-0.05, 0) is 75.4 Å². The van der Waals surface area contributed by atoms with E-state index in [0.717, 1.165) is 12.8 Å². The monoisotopic (exact) mass is 523 g/mol. The van der Waals surface area contributed by atoms with Gasteiger partial charge in [0.1, 0.15) is 5.60 Å². The van der Waals surface area contributed by atoms with E-state index in [9.17, 15) is 4.79 Å². The fourth-order valence-corrected chi connectivity index (χ4v) is 5.43. The predicted molar refractivity (Wildman–Crippen MR) is 153 cm³/mol. The van der Waals surface area contributed by atoms with Crippen LogP contribution in [0.2, 0.25) is 36.3 Å². The van der Waals surface area contributed by atoms with Gasteiger partial charge in [-0.3, -0.25) is 0 Å². The Morgan fingerprint density at radius 3 is 1.83 bits per heavy atom. The first kappa shape index (κ1) is 31.9. The Kier molecular flexibility index (Phi) is 10.9. The summed E-state index contributed by atoms with van der Waals surface area (Å²) in [5.41, 5.74) is 0.668. The zero-order valence-electron chi connectivity index (χ0n) is 24.8. The molecule has 0 heterocycles. The van der Waals surface area contributed by atoms with Gasteiger partial charge in [-0.2, -0.15) is 0 Å². The number of alkyl carbamates (subject to hydrolysis) is 1. The van der Waals surface area contributed by atoms with Crippen LogP contribution >= 0.6 is 0 Å². The zero-order chi connectivity index (χ0) is 27.3. The number of aryl methyl sites for hydroxylation is 1. The first-order chi connectivity index (χ1) is 15.6. The highest BCUT2D eigenvalue weighted by atomic mass is 28.4. The van der Waals surface area contributed by atoms with Crippen molar-refractivity contribution >= 4 is 22.7 Å². The van der Waals surface area contributed by atoms with Gasteiger partial charge < -0.3 is 18.9 Å². The second-order valence-corrected chi connectivity index (χ2v) is 23.3. The lowest BCUT2D eigenvalue weighted by molar-refractivity contribution is 0.0350. The van der Waals surface area contributed by atoms with E-state index in [1.54, 1.807) is 0 Å². The van der Waals surface area contributed by atoms with Crippen molar-refractivity contribution < 1.29 is 18.4 Å². The minimum absolute atomic E-state index is 0.0398. The van der Waals surface area contributed by atoms with Gasteiger partial charge in [-0.25, -0.2) is 4.79 Å². The first-order valence-electron chi connectivity index (χ1n) is 13.0. The van der Waals surface area contributed by atoms with E-state index < -0.39 is 28.3 Å². The maximum atomic E-state index is 12.9. The second kappa shape index (κ2) is 11.9. The van der Waals surface area contributed by atoms with Crippen molar-refractivity contribution in [1.82, 2.24) is 5.32 Å². The number of benzene rings is 1. The van der Waals surface area contributed by atoms with Crippen molar-refractivity contribution in [2.45, 2.75) is 129 Å². The summed E-state index contributed by atoms with van der Waals surface area (Å²) in [7, 11) is -4.14. The SMILES string of the molecule is CC(C)(C)OC(=O)N[C@@H](CCc1ccccc1)[C@@H](CO[Si](C)(C)C(C)(C)C)O[Si](C)(C)C(C)(C)C. The normalized spacial score (nSPS) is 15.5. The molecule has 202 valence electrons. The molecule has 0 bridgehead atoms. The number of hydrogen-bond donors (Lipinski definition) is 1. The maximum Gasteiger partial charge on any atom is 0.407 e. The van der Waals surface area contributed by atoms with Crippen molar-refractivity contribution in [3.8, 4) is 0 Å². The summed E-state index contributed by atoms with van der Waals surface area (Å²) < 4.78 is 19.3. The molecule has 0 unspecified atom stereocenters. The van der Waals surface area contributed by atoms with Crippen LogP contribution in [0.5, 0.6) is 0 Å². The summed E-state index contributed by atoms with van der Waals surface area (Å²) in [6, 6.07) is 10.1. The first-order valence-corrected chi connectivity index (χ1v) is 18.8. The van der Waals surface area contributed by atoms with E-state index in [1.807, 2.05) is 26.8 Å². The molecular formula is C28H53NO4Si2. The quantitative estimate of drug-likeness (QED) is 0.316. The molecule has 0 spiro atoms. The molecule has 0 aliphatic carbocycles. The number of nitrogens with one attached hydrogen (secondary N) is 1. The van der Waals surface area contributed by atoms with Crippen molar-refractivity contribution in [2.24, 2.45) is 0 Å². The second-order valence-electron chi connectivity index (χ2n) is 13.8. The number of amides is 1. The van der Waals surface area contributed by atoms with Crippen LogP contribution in [0.15, 0.2) is 30.3 Å². The average molecular weight is 524 g/mol. The van der Waals surface area contributed by atoms with Crippen molar-refractivity contribution in [1.29, 1.82) is 0 Å². The zero-order valence-corrected chi connectivity index (χ0v) is 26.8. The van der Waals surface area contributed by atoms with E-state index in [4.69, 9.17) is 13.6 Å². The molecule has 0 radical (unpaired) electrons. The van der Waals surface area contributed by atoms with Gasteiger partial charge >= 0.3 is 6.09 Å². The van der Waals surface area contributed by atoms with Crippen molar-refractivity contribution in [3.05, 3.63) is 35.9 Å². The Bertz CT molecular complexity index is 790. The van der Waals surface area contributed by atoms with E-state index in [1.165, 1.54) is 5.56 Å². The molecule has 1 rings (SSSR count). The van der Waals surface area contributed by atoms with Crippen LogP contribution in [-0.2, 0) is 20.0 Å². The number of ether oxygens (including phenoxy) is 1. The van der Waals surface area contributed by atoms with Gasteiger partial charge in [0.2, 0.25) is 0 Å². The molecule has 0 aromatic heterocycles. The molecular weight excluding hydrogens is 470 g/mol. The van der Waals surface area contributed by atoms with Crippen molar-refractivity contribution in [3.63, 3.8) is 0 Å². The van der Waals surface area contributed by atoms with Gasteiger partial charge in [-0.1, -0.05) is 71.9 Å². The Hall–Kier alpha value is -1.16. The topological polar surface area (TPSA) is 56.8 Å². The third-order valence-electron chi connectivity index (χ3n) is 7.40. The minimum atomic E-state index is -2.14. The molecule has 2 atom stereocenters. The summed E-state index contributed by atoms with van der Waals surface area (Å²) in [6.07, 6.45) is 0.898. The average Bonchev–Trinajstić information content (AvgIpc) is 2.66. The van der Waals surface area contributed by atoms with E-state index in [0.29, 0.717) is 6.61 Å². The third-order valence-corrected chi connectivity index (χ3v) is 16.4. The smallest absolute Gasteiger partial charge is 0.407 e. The van der Waals surface area contributed by atoms with Gasteiger partial charge in [0, 0.05) is 0 Å². The van der Waals surface area contributed by atoms with Crippen LogP contribution in [0.4, 0.5) is 4.79 Å². The molecule has 0 aliphatic rings. The minimum Gasteiger partial charge on any atom is -0.444 e. The Morgan fingerprint density at radius 2 is 1.37 bits per heavy atom. The molecule has 0 saturated heterocycles. The maximum absolute atomic E-state index is 12.9. The molecule has 0 saturated carbocycles. The van der Waals surface area contributed by atoms with E-state index in [-0.39, 0.29) is 22.2 Å². The molecule has 7 heteroatoms. The van der Waals surface area contributed by atoms with Gasteiger partial charge in [0.15, 0.2) is 16.6 Å². The van der Waals surface area contributed by atoms with Gasteiger partial charge in [-0.15, -0.1) is 0 Å². The number of rotatable bonds is 10. The van der Waals surface area contributed by atoms with Crippen LogP contribution < -0.4 is 5.32 Å². The molecule has 0 aliphatic heterocycles. The largest absolute Gasteiger partial charge is 0.444 e. The summed E-state index contributed by atoms with van der Waals surface area (Å²) >= 11 is 0. The highest BCUT2D eigenvalue weighted by molar-refractivity contribution is 6.74. The summed E-state index contributed by atoms with van der Waals surface area (Å²) in [6.45, 7) is 28.6. The third kappa shape index (κ3) is 10.8. The fourth-order valence-electron chi connectivity index (χ4n) is 3.07. The molecule has 1 N–H and O–H groups in total. The van der Waals surface area contributed by atoms with E-state index >= 15 is 0 Å². The molecule has 0 fully saturated rings. The van der Waals surface area contributed by atoms with E-state index in [2.05, 4.69) is 97.3 Å². The number of carbonyl (C=O) groups is 1. The summed E-state index contributed by atoms with van der Waals surface area (Å²) in [5, 5.41) is 3.29. The molecule has 1 aromatic carbocycles. The van der Waals surface area contributed by atoms with Gasteiger partial charge in [0.05, 0.1) is 18.8 Å². The Balaban J connectivity index is 3.29. The number of hydrogen-bond acceptors (Lipinski definition) is 4.